The Hall–Kier alpha value is -1.50. The van der Waals surface area contributed by atoms with Gasteiger partial charge in [0.25, 0.3) is 0 Å². The molecule has 0 heterocycles. The molecule has 0 atom stereocenters. The van der Waals surface area contributed by atoms with Gasteiger partial charge in [0, 0.05) is 11.6 Å². The summed E-state index contributed by atoms with van der Waals surface area (Å²) in [5, 5.41) is 0.421. The van der Waals surface area contributed by atoms with Gasteiger partial charge in [-0.2, -0.15) is 0 Å². The first-order valence-corrected chi connectivity index (χ1v) is 7.44. The summed E-state index contributed by atoms with van der Waals surface area (Å²) in [5.41, 5.74) is 0.321. The Labute approximate surface area is 120 Å². The average Bonchev–Trinajstić information content (AvgIpc) is 2.41. The summed E-state index contributed by atoms with van der Waals surface area (Å²) in [6.07, 6.45) is 0. The van der Waals surface area contributed by atoms with Crippen LogP contribution in [0.4, 0.5) is 8.78 Å². The van der Waals surface area contributed by atoms with E-state index in [1.807, 2.05) is 0 Å². The van der Waals surface area contributed by atoms with E-state index in [4.69, 9.17) is 11.6 Å². The average molecular weight is 318 g/mol. The van der Waals surface area contributed by atoms with Crippen LogP contribution in [0.25, 0.3) is 0 Å². The molecule has 0 aliphatic heterocycles. The summed E-state index contributed by atoms with van der Waals surface area (Å²) in [4.78, 5) is 0.0458. The lowest BCUT2D eigenvalue weighted by atomic mass is 10.2. The van der Waals surface area contributed by atoms with Gasteiger partial charge in [0.2, 0.25) is 10.0 Å². The standard InChI is InChI=1S/C13H10ClF2NO2S/c14-10-2-4-11(5-3-10)20(18,19)17-8-9-1-6-12(15)13(16)7-9/h1-7,17H,8H2. The summed E-state index contributed by atoms with van der Waals surface area (Å²) >= 11 is 5.67. The first-order valence-electron chi connectivity index (χ1n) is 5.58. The fourth-order valence-electron chi connectivity index (χ4n) is 1.53. The SMILES string of the molecule is O=S(=O)(NCc1ccc(F)c(F)c1)c1ccc(Cl)cc1. The zero-order valence-electron chi connectivity index (χ0n) is 10.1. The summed E-state index contributed by atoms with van der Waals surface area (Å²) < 4.78 is 51.9. The molecule has 1 N–H and O–H groups in total. The van der Waals surface area contributed by atoms with Crippen LogP contribution in [0.15, 0.2) is 47.4 Å². The molecule has 0 spiro atoms. The van der Waals surface area contributed by atoms with Gasteiger partial charge in [-0.05, 0) is 42.0 Å². The minimum atomic E-state index is -3.72. The van der Waals surface area contributed by atoms with Gasteiger partial charge in [0.1, 0.15) is 0 Å². The molecular formula is C13H10ClF2NO2S. The third kappa shape index (κ3) is 3.53. The van der Waals surface area contributed by atoms with Gasteiger partial charge in [-0.3, -0.25) is 0 Å². The van der Waals surface area contributed by atoms with Crippen molar-refractivity contribution in [1.82, 2.24) is 4.72 Å². The maximum Gasteiger partial charge on any atom is 0.240 e. The zero-order valence-corrected chi connectivity index (χ0v) is 11.7. The minimum Gasteiger partial charge on any atom is -0.207 e. The lowest BCUT2D eigenvalue weighted by Gasteiger charge is -2.07. The van der Waals surface area contributed by atoms with E-state index >= 15 is 0 Å². The zero-order chi connectivity index (χ0) is 14.8. The number of rotatable bonds is 4. The number of hydrogen-bond donors (Lipinski definition) is 1. The van der Waals surface area contributed by atoms with Crippen molar-refractivity contribution in [3.05, 3.63) is 64.7 Å². The van der Waals surface area contributed by atoms with Crippen molar-refractivity contribution in [2.45, 2.75) is 11.4 Å². The van der Waals surface area contributed by atoms with Crippen molar-refractivity contribution in [3.63, 3.8) is 0 Å². The van der Waals surface area contributed by atoms with Gasteiger partial charge >= 0.3 is 0 Å². The van der Waals surface area contributed by atoms with Crippen LogP contribution in [0.3, 0.4) is 0 Å². The lowest BCUT2D eigenvalue weighted by Crippen LogP contribution is -2.23. The van der Waals surface area contributed by atoms with Gasteiger partial charge in [-0.25, -0.2) is 21.9 Å². The van der Waals surface area contributed by atoms with Crippen molar-refractivity contribution >= 4 is 21.6 Å². The Balaban J connectivity index is 2.13. The highest BCUT2D eigenvalue weighted by Crippen LogP contribution is 2.15. The number of nitrogens with one attached hydrogen (secondary N) is 1. The molecule has 3 nitrogen and oxygen atoms in total. The van der Waals surface area contributed by atoms with Crippen molar-refractivity contribution in [3.8, 4) is 0 Å². The lowest BCUT2D eigenvalue weighted by molar-refractivity contribution is 0.506. The number of benzene rings is 2. The molecule has 0 aliphatic rings. The fourth-order valence-corrected chi connectivity index (χ4v) is 2.67. The number of halogens is 3. The van der Waals surface area contributed by atoms with E-state index in [9.17, 15) is 17.2 Å². The molecule has 2 rings (SSSR count). The fraction of sp³-hybridized carbons (Fsp3) is 0.0769. The van der Waals surface area contributed by atoms with E-state index in [1.165, 1.54) is 30.3 Å². The van der Waals surface area contributed by atoms with Gasteiger partial charge in [-0.15, -0.1) is 0 Å². The van der Waals surface area contributed by atoms with E-state index < -0.39 is 21.7 Å². The Morgan fingerprint density at radius 1 is 1.00 bits per heavy atom. The predicted octanol–water partition coefficient (Wildman–Crippen LogP) is 3.10. The molecular weight excluding hydrogens is 308 g/mol. The van der Waals surface area contributed by atoms with Crippen molar-refractivity contribution in [2.24, 2.45) is 0 Å². The predicted molar refractivity (Wildman–Crippen MR) is 71.8 cm³/mol. The van der Waals surface area contributed by atoms with Crippen molar-refractivity contribution in [1.29, 1.82) is 0 Å². The van der Waals surface area contributed by atoms with Gasteiger partial charge in [0.05, 0.1) is 4.90 Å². The molecule has 106 valence electrons. The van der Waals surface area contributed by atoms with Crippen LogP contribution < -0.4 is 4.72 Å². The van der Waals surface area contributed by atoms with Crippen molar-refractivity contribution in [2.75, 3.05) is 0 Å². The van der Waals surface area contributed by atoms with Crippen LogP contribution >= 0.6 is 11.6 Å². The second kappa shape index (κ2) is 5.87. The van der Waals surface area contributed by atoms with E-state index in [2.05, 4.69) is 4.72 Å². The second-order valence-electron chi connectivity index (χ2n) is 4.03. The van der Waals surface area contributed by atoms with Crippen LogP contribution in [0.2, 0.25) is 5.02 Å². The van der Waals surface area contributed by atoms with Gasteiger partial charge in [0.15, 0.2) is 11.6 Å². The number of hydrogen-bond acceptors (Lipinski definition) is 2. The van der Waals surface area contributed by atoms with Crippen LogP contribution in [-0.2, 0) is 16.6 Å². The first kappa shape index (κ1) is 14.9. The molecule has 0 aliphatic carbocycles. The normalized spacial score (nSPS) is 11.6. The molecule has 0 bridgehead atoms. The third-order valence-electron chi connectivity index (χ3n) is 2.57. The number of sulfonamides is 1. The van der Waals surface area contributed by atoms with Gasteiger partial charge < -0.3 is 0 Å². The topological polar surface area (TPSA) is 46.2 Å². The van der Waals surface area contributed by atoms with E-state index in [0.29, 0.717) is 10.6 Å². The third-order valence-corrected chi connectivity index (χ3v) is 4.24. The summed E-state index contributed by atoms with van der Waals surface area (Å²) in [6, 6.07) is 8.82. The smallest absolute Gasteiger partial charge is 0.207 e. The molecule has 0 radical (unpaired) electrons. The Kier molecular flexibility index (Phi) is 4.37. The Bertz CT molecular complexity index is 718. The van der Waals surface area contributed by atoms with E-state index in [1.54, 1.807) is 0 Å². The molecule has 0 saturated heterocycles. The molecule has 0 unspecified atom stereocenters. The highest BCUT2D eigenvalue weighted by Gasteiger charge is 2.13. The molecule has 2 aromatic carbocycles. The van der Waals surface area contributed by atoms with Crippen LogP contribution in [0, 0.1) is 11.6 Å². The van der Waals surface area contributed by atoms with Crippen molar-refractivity contribution < 1.29 is 17.2 Å². The van der Waals surface area contributed by atoms with Gasteiger partial charge in [-0.1, -0.05) is 17.7 Å². The minimum absolute atomic E-state index is 0.0458. The maximum absolute atomic E-state index is 13.0. The molecule has 20 heavy (non-hydrogen) atoms. The van der Waals surface area contributed by atoms with E-state index in [0.717, 1.165) is 12.1 Å². The Morgan fingerprint density at radius 3 is 2.25 bits per heavy atom. The Morgan fingerprint density at radius 2 is 1.65 bits per heavy atom. The first-order chi connectivity index (χ1) is 9.38. The largest absolute Gasteiger partial charge is 0.240 e. The molecule has 0 fully saturated rings. The quantitative estimate of drug-likeness (QED) is 0.942. The molecule has 2 aromatic rings. The summed E-state index contributed by atoms with van der Waals surface area (Å²) in [5.74, 6) is -2.00. The highest BCUT2D eigenvalue weighted by atomic mass is 35.5. The van der Waals surface area contributed by atoms with Crippen LogP contribution in [0.5, 0.6) is 0 Å². The maximum atomic E-state index is 13.0. The van der Waals surface area contributed by atoms with E-state index in [-0.39, 0.29) is 11.4 Å². The molecule has 7 heteroatoms. The summed E-state index contributed by atoms with van der Waals surface area (Å²) in [6.45, 7) is -0.137. The molecule has 0 amide bonds. The van der Waals surface area contributed by atoms with Crippen LogP contribution in [0.1, 0.15) is 5.56 Å². The van der Waals surface area contributed by atoms with Crippen LogP contribution in [-0.4, -0.2) is 8.42 Å². The second-order valence-corrected chi connectivity index (χ2v) is 6.23. The molecule has 0 saturated carbocycles. The monoisotopic (exact) mass is 317 g/mol. The summed E-state index contributed by atoms with van der Waals surface area (Å²) in [7, 11) is -3.72. The molecule has 0 aromatic heterocycles. The highest BCUT2D eigenvalue weighted by molar-refractivity contribution is 7.89.